The molecule has 0 spiro atoms. The Hall–Kier alpha value is -1.28. The largest absolute Gasteiger partial charge is 0.497 e. The standard InChI is InChI=1S/C11H16N2O4S/c1-17-6-2-3-7(10(15)9(14)5-18)8(4-6)11(16)13-12/h2-4,9-10,14-15,18H,5,12H2,1H3,(H,13,16). The van der Waals surface area contributed by atoms with Crippen molar-refractivity contribution >= 4 is 18.5 Å². The predicted octanol–water partition coefficient (Wildman–Crippen LogP) is -0.377. The minimum Gasteiger partial charge on any atom is -0.497 e. The number of nitrogen functional groups attached to an aromatic ring is 1. The topological polar surface area (TPSA) is 105 Å². The first kappa shape index (κ1) is 14.8. The van der Waals surface area contributed by atoms with Crippen molar-refractivity contribution in [3.05, 3.63) is 29.3 Å². The van der Waals surface area contributed by atoms with Gasteiger partial charge in [0.1, 0.15) is 11.9 Å². The van der Waals surface area contributed by atoms with E-state index in [4.69, 9.17) is 10.6 Å². The number of carbonyl (C=O) groups is 1. The van der Waals surface area contributed by atoms with Gasteiger partial charge in [0, 0.05) is 5.75 Å². The highest BCUT2D eigenvalue weighted by Crippen LogP contribution is 2.25. The lowest BCUT2D eigenvalue weighted by molar-refractivity contribution is 0.0330. The van der Waals surface area contributed by atoms with Crippen LogP contribution in [0.15, 0.2) is 18.2 Å². The van der Waals surface area contributed by atoms with Crippen LogP contribution >= 0.6 is 12.6 Å². The van der Waals surface area contributed by atoms with Gasteiger partial charge in [-0.2, -0.15) is 12.6 Å². The molecule has 0 heterocycles. The van der Waals surface area contributed by atoms with Crippen LogP contribution in [-0.4, -0.2) is 35.1 Å². The quantitative estimate of drug-likeness (QED) is 0.217. The molecule has 18 heavy (non-hydrogen) atoms. The summed E-state index contributed by atoms with van der Waals surface area (Å²) in [4.78, 5) is 11.6. The molecule has 0 aromatic heterocycles. The number of benzene rings is 1. The van der Waals surface area contributed by atoms with Crippen molar-refractivity contribution in [3.63, 3.8) is 0 Å². The predicted molar refractivity (Wildman–Crippen MR) is 69.5 cm³/mol. The fourth-order valence-electron chi connectivity index (χ4n) is 1.50. The number of nitrogens with two attached hydrogens (primary N) is 1. The monoisotopic (exact) mass is 272 g/mol. The number of hydrogen-bond donors (Lipinski definition) is 5. The third kappa shape index (κ3) is 3.14. The van der Waals surface area contributed by atoms with Gasteiger partial charge in [-0.1, -0.05) is 6.07 Å². The molecule has 0 bridgehead atoms. The molecule has 1 rings (SSSR count). The van der Waals surface area contributed by atoms with E-state index in [0.29, 0.717) is 5.75 Å². The third-order valence-corrected chi connectivity index (χ3v) is 2.88. The Morgan fingerprint density at radius 2 is 2.22 bits per heavy atom. The molecular weight excluding hydrogens is 256 g/mol. The van der Waals surface area contributed by atoms with Gasteiger partial charge in [-0.25, -0.2) is 5.84 Å². The zero-order valence-electron chi connectivity index (χ0n) is 9.83. The van der Waals surface area contributed by atoms with Crippen molar-refractivity contribution < 1.29 is 19.7 Å². The molecule has 100 valence electrons. The van der Waals surface area contributed by atoms with E-state index in [9.17, 15) is 15.0 Å². The van der Waals surface area contributed by atoms with Gasteiger partial charge in [-0.3, -0.25) is 10.2 Å². The molecule has 0 aliphatic rings. The Morgan fingerprint density at radius 1 is 1.56 bits per heavy atom. The van der Waals surface area contributed by atoms with Crippen LogP contribution in [-0.2, 0) is 0 Å². The fourth-order valence-corrected chi connectivity index (χ4v) is 1.70. The second-order valence-electron chi connectivity index (χ2n) is 3.62. The van der Waals surface area contributed by atoms with Crippen molar-refractivity contribution in [1.29, 1.82) is 0 Å². The third-order valence-electron chi connectivity index (χ3n) is 2.51. The van der Waals surface area contributed by atoms with Crippen LogP contribution in [0.5, 0.6) is 5.75 Å². The highest BCUT2D eigenvalue weighted by Gasteiger charge is 2.23. The second kappa shape index (κ2) is 6.60. The number of methoxy groups -OCH3 is 1. The normalized spacial score (nSPS) is 13.8. The van der Waals surface area contributed by atoms with Gasteiger partial charge in [0.25, 0.3) is 5.91 Å². The number of ether oxygens (including phenoxy) is 1. The van der Waals surface area contributed by atoms with Gasteiger partial charge in [-0.15, -0.1) is 0 Å². The highest BCUT2D eigenvalue weighted by atomic mass is 32.1. The minimum absolute atomic E-state index is 0.0663. The summed E-state index contributed by atoms with van der Waals surface area (Å²) in [5, 5.41) is 19.5. The van der Waals surface area contributed by atoms with Gasteiger partial charge >= 0.3 is 0 Å². The second-order valence-corrected chi connectivity index (χ2v) is 3.99. The minimum atomic E-state index is -1.22. The Balaban J connectivity index is 3.21. The highest BCUT2D eigenvalue weighted by molar-refractivity contribution is 7.80. The van der Waals surface area contributed by atoms with Crippen LogP contribution in [0.3, 0.4) is 0 Å². The first-order chi connectivity index (χ1) is 8.54. The van der Waals surface area contributed by atoms with Gasteiger partial charge in [0.2, 0.25) is 0 Å². The number of aliphatic hydroxyl groups excluding tert-OH is 2. The molecule has 1 aromatic rings. The number of rotatable bonds is 5. The number of hydrazine groups is 1. The number of aliphatic hydroxyl groups is 2. The average molecular weight is 272 g/mol. The fraction of sp³-hybridized carbons (Fsp3) is 0.364. The van der Waals surface area contributed by atoms with Gasteiger partial charge in [0.05, 0.1) is 18.8 Å². The average Bonchev–Trinajstić information content (AvgIpc) is 2.43. The van der Waals surface area contributed by atoms with Gasteiger partial charge in [-0.05, 0) is 17.7 Å². The Kier molecular flexibility index (Phi) is 5.42. The summed E-state index contributed by atoms with van der Waals surface area (Å²) in [5.41, 5.74) is 2.39. The molecular formula is C11H16N2O4S. The van der Waals surface area contributed by atoms with Crippen molar-refractivity contribution in [2.24, 2.45) is 5.84 Å². The van der Waals surface area contributed by atoms with E-state index in [1.807, 2.05) is 5.43 Å². The van der Waals surface area contributed by atoms with Crippen molar-refractivity contribution in [3.8, 4) is 5.75 Å². The summed E-state index contributed by atoms with van der Waals surface area (Å²) < 4.78 is 4.99. The zero-order valence-corrected chi connectivity index (χ0v) is 10.7. The van der Waals surface area contributed by atoms with E-state index in [2.05, 4.69) is 12.6 Å². The summed E-state index contributed by atoms with van der Waals surface area (Å²) in [6.07, 6.45) is -2.30. The lowest BCUT2D eigenvalue weighted by atomic mass is 9.98. The number of thiol groups is 1. The molecule has 0 saturated heterocycles. The van der Waals surface area contributed by atoms with Crippen molar-refractivity contribution in [2.75, 3.05) is 12.9 Å². The smallest absolute Gasteiger partial charge is 0.265 e. The molecule has 0 aliphatic heterocycles. The van der Waals surface area contributed by atoms with E-state index < -0.39 is 18.1 Å². The summed E-state index contributed by atoms with van der Waals surface area (Å²) in [7, 11) is 1.46. The molecule has 1 aromatic carbocycles. The van der Waals surface area contributed by atoms with E-state index >= 15 is 0 Å². The van der Waals surface area contributed by atoms with Crippen molar-refractivity contribution in [1.82, 2.24) is 5.43 Å². The van der Waals surface area contributed by atoms with E-state index in [0.717, 1.165) is 0 Å². The molecule has 1 amide bonds. The molecule has 2 atom stereocenters. The van der Waals surface area contributed by atoms with Gasteiger partial charge < -0.3 is 14.9 Å². The molecule has 7 heteroatoms. The Morgan fingerprint density at radius 3 is 2.72 bits per heavy atom. The molecule has 0 radical (unpaired) electrons. The first-order valence-electron chi connectivity index (χ1n) is 5.21. The van der Waals surface area contributed by atoms with Crippen LogP contribution in [0.4, 0.5) is 0 Å². The maximum atomic E-state index is 11.6. The Labute approximate surface area is 110 Å². The molecule has 0 fully saturated rings. The maximum Gasteiger partial charge on any atom is 0.265 e. The maximum absolute atomic E-state index is 11.6. The van der Waals surface area contributed by atoms with Crippen molar-refractivity contribution in [2.45, 2.75) is 12.2 Å². The number of carbonyl (C=O) groups excluding carboxylic acids is 1. The molecule has 0 saturated carbocycles. The molecule has 6 nitrogen and oxygen atoms in total. The summed E-state index contributed by atoms with van der Waals surface area (Å²) in [5.74, 6) is 5.01. The van der Waals surface area contributed by atoms with Crippen LogP contribution in [0, 0.1) is 0 Å². The lowest BCUT2D eigenvalue weighted by Crippen LogP contribution is -2.32. The van der Waals surface area contributed by atoms with Gasteiger partial charge in [0.15, 0.2) is 0 Å². The van der Waals surface area contributed by atoms with Crippen LogP contribution in [0.2, 0.25) is 0 Å². The lowest BCUT2D eigenvalue weighted by Gasteiger charge is -2.19. The molecule has 0 aliphatic carbocycles. The molecule has 5 N–H and O–H groups in total. The van der Waals surface area contributed by atoms with E-state index in [1.165, 1.54) is 19.2 Å². The summed E-state index contributed by atoms with van der Waals surface area (Å²) in [6, 6.07) is 4.52. The summed E-state index contributed by atoms with van der Waals surface area (Å²) >= 11 is 3.89. The van der Waals surface area contributed by atoms with E-state index in [-0.39, 0.29) is 16.9 Å². The zero-order chi connectivity index (χ0) is 13.7. The van der Waals surface area contributed by atoms with Crippen LogP contribution in [0.25, 0.3) is 0 Å². The van der Waals surface area contributed by atoms with Crippen LogP contribution in [0.1, 0.15) is 22.0 Å². The number of amides is 1. The summed E-state index contributed by atoms with van der Waals surface area (Å²) in [6.45, 7) is 0. The van der Waals surface area contributed by atoms with E-state index in [1.54, 1.807) is 6.07 Å². The number of nitrogens with one attached hydrogen (secondary N) is 1. The Bertz CT molecular complexity index is 428. The first-order valence-corrected chi connectivity index (χ1v) is 5.84. The SMILES string of the molecule is COc1ccc(C(O)C(O)CS)c(C(=O)NN)c1. The molecule has 2 unspecified atom stereocenters. The number of hydrogen-bond acceptors (Lipinski definition) is 6. The van der Waals surface area contributed by atoms with Crippen LogP contribution < -0.4 is 16.0 Å².